The fraction of sp³-hybridized carbons (Fsp3) is 0.636. The van der Waals surface area contributed by atoms with Crippen LogP contribution in [0.4, 0.5) is 0 Å². The van der Waals surface area contributed by atoms with Gasteiger partial charge < -0.3 is 14.6 Å². The van der Waals surface area contributed by atoms with Crippen molar-refractivity contribution in [3.8, 4) is 0 Å². The molecule has 1 saturated heterocycles. The number of hydrogen-bond donors (Lipinski definition) is 1. The Labute approximate surface area is 85.0 Å². The van der Waals surface area contributed by atoms with Gasteiger partial charge in [-0.2, -0.15) is 0 Å². The Morgan fingerprint density at radius 1 is 1.57 bits per heavy atom. The molecule has 0 spiro atoms. The molecule has 1 N–H and O–H groups in total. The Balaban J connectivity index is 2.18. The van der Waals surface area contributed by atoms with E-state index < -0.39 is 0 Å². The van der Waals surface area contributed by atoms with Crippen molar-refractivity contribution in [1.82, 2.24) is 0 Å². The highest BCUT2D eigenvalue weighted by Crippen LogP contribution is 2.14. The van der Waals surface area contributed by atoms with E-state index in [1.165, 1.54) is 0 Å². The Morgan fingerprint density at radius 3 is 3.07 bits per heavy atom. The number of hydrogen-bond acceptors (Lipinski definition) is 3. The minimum absolute atomic E-state index is 0.134. The highest BCUT2D eigenvalue weighted by Gasteiger charge is 2.13. The SMILES string of the molecule is C/C=C\C=C(\O)COC1CCCCO1. The molecule has 1 heterocycles. The van der Waals surface area contributed by atoms with Crippen molar-refractivity contribution in [3.63, 3.8) is 0 Å². The average Bonchev–Trinajstić information content (AvgIpc) is 2.25. The van der Waals surface area contributed by atoms with Crippen molar-refractivity contribution in [2.45, 2.75) is 32.5 Å². The highest BCUT2D eigenvalue weighted by molar-refractivity contribution is 5.05. The van der Waals surface area contributed by atoms with Crippen molar-refractivity contribution in [2.75, 3.05) is 13.2 Å². The quantitative estimate of drug-likeness (QED) is 0.557. The fourth-order valence-electron chi connectivity index (χ4n) is 1.28. The molecule has 0 aromatic heterocycles. The van der Waals surface area contributed by atoms with E-state index in [4.69, 9.17) is 9.47 Å². The molecular formula is C11H18O3. The van der Waals surface area contributed by atoms with E-state index in [1.54, 1.807) is 12.2 Å². The van der Waals surface area contributed by atoms with E-state index in [0.717, 1.165) is 25.9 Å². The second-order valence-corrected chi connectivity index (χ2v) is 3.29. The zero-order valence-corrected chi connectivity index (χ0v) is 8.61. The summed E-state index contributed by atoms with van der Waals surface area (Å²) in [5.74, 6) is 0.234. The maximum absolute atomic E-state index is 9.34. The lowest BCUT2D eigenvalue weighted by atomic mass is 10.2. The third-order valence-electron chi connectivity index (χ3n) is 2.04. The predicted octanol–water partition coefficient (Wildman–Crippen LogP) is 2.55. The van der Waals surface area contributed by atoms with Crippen LogP contribution in [-0.4, -0.2) is 24.6 Å². The van der Waals surface area contributed by atoms with Gasteiger partial charge in [0, 0.05) is 6.61 Å². The molecule has 0 amide bonds. The van der Waals surface area contributed by atoms with E-state index in [9.17, 15) is 5.11 Å². The van der Waals surface area contributed by atoms with Gasteiger partial charge in [0.05, 0.1) is 0 Å². The molecule has 1 atom stereocenters. The van der Waals surface area contributed by atoms with Gasteiger partial charge in [0.25, 0.3) is 0 Å². The molecule has 0 bridgehead atoms. The van der Waals surface area contributed by atoms with Crippen LogP contribution in [0.5, 0.6) is 0 Å². The number of rotatable bonds is 4. The van der Waals surface area contributed by atoms with Crippen LogP contribution in [0.15, 0.2) is 24.0 Å². The summed E-state index contributed by atoms with van der Waals surface area (Å²) >= 11 is 0. The van der Waals surface area contributed by atoms with Gasteiger partial charge in [-0.15, -0.1) is 0 Å². The van der Waals surface area contributed by atoms with Gasteiger partial charge in [0.2, 0.25) is 0 Å². The van der Waals surface area contributed by atoms with Crippen LogP contribution in [-0.2, 0) is 9.47 Å². The van der Waals surface area contributed by atoms with Crippen molar-refractivity contribution in [1.29, 1.82) is 0 Å². The molecule has 0 aliphatic carbocycles. The molecule has 0 radical (unpaired) electrons. The third-order valence-corrected chi connectivity index (χ3v) is 2.04. The van der Waals surface area contributed by atoms with Gasteiger partial charge in [0.15, 0.2) is 6.29 Å². The second kappa shape index (κ2) is 6.62. The van der Waals surface area contributed by atoms with E-state index in [0.29, 0.717) is 0 Å². The van der Waals surface area contributed by atoms with E-state index >= 15 is 0 Å². The summed E-state index contributed by atoms with van der Waals surface area (Å²) in [7, 11) is 0. The lowest BCUT2D eigenvalue weighted by molar-refractivity contribution is -0.160. The molecule has 0 aromatic rings. The van der Waals surface area contributed by atoms with Crippen molar-refractivity contribution in [3.05, 3.63) is 24.0 Å². The molecule has 14 heavy (non-hydrogen) atoms. The second-order valence-electron chi connectivity index (χ2n) is 3.29. The number of aliphatic hydroxyl groups excluding tert-OH is 1. The molecule has 3 nitrogen and oxygen atoms in total. The summed E-state index contributed by atoms with van der Waals surface area (Å²) in [6, 6.07) is 0. The molecule has 0 aromatic carbocycles. The first-order valence-electron chi connectivity index (χ1n) is 5.07. The Hall–Kier alpha value is -0.800. The van der Waals surface area contributed by atoms with Gasteiger partial charge in [-0.05, 0) is 32.3 Å². The lowest BCUT2D eigenvalue weighted by Gasteiger charge is -2.22. The number of aliphatic hydroxyl groups is 1. The summed E-state index contributed by atoms with van der Waals surface area (Å²) in [6.45, 7) is 2.90. The first-order valence-corrected chi connectivity index (χ1v) is 5.07. The molecule has 80 valence electrons. The first kappa shape index (κ1) is 11.3. The number of ether oxygens (including phenoxy) is 2. The summed E-state index contributed by atoms with van der Waals surface area (Å²) in [6.07, 6.45) is 8.31. The van der Waals surface area contributed by atoms with E-state index in [-0.39, 0.29) is 18.7 Å². The van der Waals surface area contributed by atoms with Crippen LogP contribution in [0.3, 0.4) is 0 Å². The molecule has 1 unspecified atom stereocenters. The number of allylic oxidation sites excluding steroid dienone is 3. The smallest absolute Gasteiger partial charge is 0.158 e. The molecule has 1 aliphatic heterocycles. The largest absolute Gasteiger partial charge is 0.510 e. The summed E-state index contributed by atoms with van der Waals surface area (Å²) in [5.41, 5.74) is 0. The van der Waals surface area contributed by atoms with Crippen molar-refractivity contribution >= 4 is 0 Å². The van der Waals surface area contributed by atoms with E-state index in [1.807, 2.05) is 13.0 Å². The highest BCUT2D eigenvalue weighted by atomic mass is 16.7. The van der Waals surface area contributed by atoms with Gasteiger partial charge in [-0.3, -0.25) is 0 Å². The summed E-state index contributed by atoms with van der Waals surface area (Å²) < 4.78 is 10.7. The first-order chi connectivity index (χ1) is 6.83. The average molecular weight is 198 g/mol. The van der Waals surface area contributed by atoms with Crippen LogP contribution in [0.1, 0.15) is 26.2 Å². The minimum atomic E-state index is -0.134. The Kier molecular flexibility index (Phi) is 5.33. The summed E-state index contributed by atoms with van der Waals surface area (Å²) in [4.78, 5) is 0. The van der Waals surface area contributed by atoms with Crippen molar-refractivity contribution < 1.29 is 14.6 Å². The molecular weight excluding hydrogens is 180 g/mol. The van der Waals surface area contributed by atoms with Gasteiger partial charge >= 0.3 is 0 Å². The van der Waals surface area contributed by atoms with E-state index in [2.05, 4.69) is 0 Å². The lowest BCUT2D eigenvalue weighted by Crippen LogP contribution is -2.23. The molecule has 0 saturated carbocycles. The van der Waals surface area contributed by atoms with Crippen LogP contribution >= 0.6 is 0 Å². The Bertz CT molecular complexity index is 203. The van der Waals surface area contributed by atoms with Crippen molar-refractivity contribution in [2.24, 2.45) is 0 Å². The topological polar surface area (TPSA) is 38.7 Å². The van der Waals surface area contributed by atoms with Crippen LogP contribution in [0.2, 0.25) is 0 Å². The Morgan fingerprint density at radius 2 is 2.43 bits per heavy atom. The fourth-order valence-corrected chi connectivity index (χ4v) is 1.28. The molecule has 1 rings (SSSR count). The standard InChI is InChI=1S/C11H18O3/c1-2-3-6-10(12)9-14-11-7-4-5-8-13-11/h2-3,6,11-12H,4-5,7-9H2,1H3/b3-2-,10-6+. The normalized spacial score (nSPS) is 24.4. The zero-order chi connectivity index (χ0) is 10.2. The monoisotopic (exact) mass is 198 g/mol. The maximum Gasteiger partial charge on any atom is 0.158 e. The zero-order valence-electron chi connectivity index (χ0n) is 8.61. The van der Waals surface area contributed by atoms with Crippen LogP contribution < -0.4 is 0 Å². The van der Waals surface area contributed by atoms with Gasteiger partial charge in [-0.1, -0.05) is 12.2 Å². The van der Waals surface area contributed by atoms with Gasteiger partial charge in [0.1, 0.15) is 12.4 Å². The van der Waals surface area contributed by atoms with Crippen LogP contribution in [0.25, 0.3) is 0 Å². The summed E-state index contributed by atoms with van der Waals surface area (Å²) in [5, 5.41) is 9.34. The maximum atomic E-state index is 9.34. The molecule has 3 heteroatoms. The van der Waals surface area contributed by atoms with Crippen LogP contribution in [0, 0.1) is 0 Å². The molecule has 1 fully saturated rings. The van der Waals surface area contributed by atoms with Gasteiger partial charge in [-0.25, -0.2) is 0 Å². The minimum Gasteiger partial charge on any atom is -0.510 e. The third kappa shape index (κ3) is 4.44. The molecule has 1 aliphatic rings. The predicted molar refractivity (Wildman–Crippen MR) is 55.1 cm³/mol.